The van der Waals surface area contributed by atoms with E-state index in [1.165, 1.54) is 11.3 Å². The van der Waals surface area contributed by atoms with Gasteiger partial charge in [0.1, 0.15) is 0 Å². The molecule has 1 aromatic rings. The standard InChI is InChI=1S/C13H19N3O3S/c1-8-7-20-13(14-8)15-12(18)10-4-11(17)16(5-10)9(2)6-19-3/h7,9-10H,4-6H2,1-3H3,(H,14,15,18)/t9-,10-/m1/s1. The van der Waals surface area contributed by atoms with Crippen molar-refractivity contribution in [3.05, 3.63) is 11.1 Å². The third kappa shape index (κ3) is 3.34. The minimum atomic E-state index is -0.314. The molecule has 0 radical (unpaired) electrons. The first-order chi connectivity index (χ1) is 9.51. The molecule has 0 spiro atoms. The van der Waals surface area contributed by atoms with E-state index in [0.29, 0.717) is 18.3 Å². The molecule has 2 amide bonds. The molecule has 2 atom stereocenters. The van der Waals surface area contributed by atoms with Crippen LogP contribution in [0.4, 0.5) is 5.13 Å². The molecule has 110 valence electrons. The SMILES string of the molecule is COC[C@@H](C)N1C[C@H](C(=O)Nc2nc(C)cs2)CC1=O. The summed E-state index contributed by atoms with van der Waals surface area (Å²) in [6.45, 7) is 4.72. The Balaban J connectivity index is 1.94. The van der Waals surface area contributed by atoms with Gasteiger partial charge in [0, 0.05) is 25.5 Å². The Hall–Kier alpha value is -1.47. The number of rotatable bonds is 5. The maximum atomic E-state index is 12.1. The minimum absolute atomic E-state index is 0.00465. The summed E-state index contributed by atoms with van der Waals surface area (Å²) >= 11 is 1.39. The van der Waals surface area contributed by atoms with Crippen molar-refractivity contribution in [2.24, 2.45) is 5.92 Å². The largest absolute Gasteiger partial charge is 0.383 e. The van der Waals surface area contributed by atoms with E-state index < -0.39 is 0 Å². The number of likely N-dealkylation sites (tertiary alicyclic amines) is 1. The van der Waals surface area contributed by atoms with Crippen LogP contribution in [-0.2, 0) is 14.3 Å². The lowest BCUT2D eigenvalue weighted by atomic mass is 10.1. The molecule has 7 heteroatoms. The van der Waals surface area contributed by atoms with Crippen molar-refractivity contribution in [1.82, 2.24) is 9.88 Å². The fraction of sp³-hybridized carbons (Fsp3) is 0.615. The van der Waals surface area contributed by atoms with Gasteiger partial charge in [-0.1, -0.05) is 0 Å². The molecule has 1 aromatic heterocycles. The number of thiazole rings is 1. The zero-order valence-corrected chi connectivity index (χ0v) is 12.7. The first-order valence-corrected chi connectivity index (χ1v) is 7.40. The molecule has 1 aliphatic rings. The molecule has 0 unspecified atom stereocenters. The number of nitrogens with zero attached hydrogens (tertiary/aromatic N) is 2. The fourth-order valence-corrected chi connectivity index (χ4v) is 2.97. The van der Waals surface area contributed by atoms with Crippen molar-refractivity contribution in [2.75, 3.05) is 25.6 Å². The number of hydrogen-bond acceptors (Lipinski definition) is 5. The summed E-state index contributed by atoms with van der Waals surface area (Å²) < 4.78 is 5.06. The van der Waals surface area contributed by atoms with Crippen molar-refractivity contribution in [3.8, 4) is 0 Å². The first-order valence-electron chi connectivity index (χ1n) is 6.52. The summed E-state index contributed by atoms with van der Waals surface area (Å²) in [6.07, 6.45) is 0.254. The van der Waals surface area contributed by atoms with Crippen LogP contribution in [0.1, 0.15) is 19.0 Å². The van der Waals surface area contributed by atoms with Crippen molar-refractivity contribution in [2.45, 2.75) is 26.3 Å². The van der Waals surface area contributed by atoms with E-state index in [-0.39, 0.29) is 30.2 Å². The maximum Gasteiger partial charge on any atom is 0.231 e. The second kappa shape index (κ2) is 6.32. The van der Waals surface area contributed by atoms with Crippen molar-refractivity contribution < 1.29 is 14.3 Å². The van der Waals surface area contributed by atoms with E-state index in [0.717, 1.165) is 5.69 Å². The number of nitrogens with one attached hydrogen (secondary N) is 1. The highest BCUT2D eigenvalue weighted by Gasteiger charge is 2.36. The number of amides is 2. The number of aromatic nitrogens is 1. The number of methoxy groups -OCH3 is 1. The molecule has 0 aromatic carbocycles. The Morgan fingerprint density at radius 2 is 2.45 bits per heavy atom. The normalized spacial score (nSPS) is 20.2. The lowest BCUT2D eigenvalue weighted by molar-refractivity contribution is -0.130. The van der Waals surface area contributed by atoms with Gasteiger partial charge in [0.15, 0.2) is 5.13 Å². The Bertz CT molecular complexity index is 503. The van der Waals surface area contributed by atoms with Gasteiger partial charge < -0.3 is 15.0 Å². The van der Waals surface area contributed by atoms with Crippen LogP contribution in [0.2, 0.25) is 0 Å². The number of hydrogen-bond donors (Lipinski definition) is 1. The number of carbonyl (C=O) groups is 2. The van der Waals surface area contributed by atoms with Crippen molar-refractivity contribution in [1.29, 1.82) is 0 Å². The first kappa shape index (κ1) is 14.9. The lowest BCUT2D eigenvalue weighted by Crippen LogP contribution is -2.38. The zero-order chi connectivity index (χ0) is 14.7. The van der Waals surface area contributed by atoms with Crippen LogP contribution in [0.3, 0.4) is 0 Å². The van der Waals surface area contributed by atoms with Crippen LogP contribution in [0.5, 0.6) is 0 Å². The number of carbonyl (C=O) groups excluding carboxylic acids is 2. The van der Waals surface area contributed by atoms with E-state index >= 15 is 0 Å². The average molecular weight is 297 g/mol. The Kier molecular flexibility index (Phi) is 4.72. The quantitative estimate of drug-likeness (QED) is 0.888. The minimum Gasteiger partial charge on any atom is -0.383 e. The molecule has 0 aliphatic carbocycles. The monoisotopic (exact) mass is 297 g/mol. The molecule has 1 N–H and O–H groups in total. The number of aryl methyl sites for hydroxylation is 1. The van der Waals surface area contributed by atoms with Gasteiger partial charge in [0.25, 0.3) is 0 Å². The third-order valence-electron chi connectivity index (χ3n) is 3.32. The second-order valence-electron chi connectivity index (χ2n) is 5.03. The Morgan fingerprint density at radius 1 is 1.70 bits per heavy atom. The van der Waals surface area contributed by atoms with Crippen LogP contribution in [0, 0.1) is 12.8 Å². The van der Waals surface area contributed by atoms with Crippen molar-refractivity contribution in [3.63, 3.8) is 0 Å². The highest BCUT2D eigenvalue weighted by molar-refractivity contribution is 7.13. The van der Waals surface area contributed by atoms with E-state index in [4.69, 9.17) is 4.74 Å². The Morgan fingerprint density at radius 3 is 3.05 bits per heavy atom. The topological polar surface area (TPSA) is 71.5 Å². The molecule has 2 heterocycles. The second-order valence-corrected chi connectivity index (χ2v) is 5.89. The highest BCUT2D eigenvalue weighted by Crippen LogP contribution is 2.23. The third-order valence-corrected chi connectivity index (χ3v) is 4.19. The summed E-state index contributed by atoms with van der Waals surface area (Å²) in [7, 11) is 1.60. The molecular formula is C13H19N3O3S. The summed E-state index contributed by atoms with van der Waals surface area (Å²) in [5.41, 5.74) is 0.878. The van der Waals surface area contributed by atoms with Gasteiger partial charge in [0.2, 0.25) is 11.8 Å². The van der Waals surface area contributed by atoms with Crippen LogP contribution in [-0.4, -0.2) is 48.0 Å². The molecular weight excluding hydrogens is 278 g/mol. The van der Waals surface area contributed by atoms with Crippen LogP contribution >= 0.6 is 11.3 Å². The van der Waals surface area contributed by atoms with Gasteiger partial charge in [-0.05, 0) is 13.8 Å². The summed E-state index contributed by atoms with van der Waals surface area (Å²) in [5, 5.41) is 5.24. The summed E-state index contributed by atoms with van der Waals surface area (Å²) in [5.74, 6) is -0.448. The Labute approximate surface area is 122 Å². The van der Waals surface area contributed by atoms with Gasteiger partial charge in [-0.15, -0.1) is 11.3 Å². The van der Waals surface area contributed by atoms with Gasteiger partial charge >= 0.3 is 0 Å². The van der Waals surface area contributed by atoms with Gasteiger partial charge in [-0.3, -0.25) is 9.59 Å². The predicted octanol–water partition coefficient (Wildman–Crippen LogP) is 1.27. The van der Waals surface area contributed by atoms with Gasteiger partial charge in [0.05, 0.1) is 24.3 Å². The van der Waals surface area contributed by atoms with E-state index in [1.807, 2.05) is 19.2 Å². The molecule has 1 saturated heterocycles. The molecule has 0 saturated carbocycles. The summed E-state index contributed by atoms with van der Waals surface area (Å²) in [4.78, 5) is 30.0. The average Bonchev–Trinajstić information content (AvgIpc) is 2.96. The molecule has 1 aliphatic heterocycles. The van der Waals surface area contributed by atoms with Crippen molar-refractivity contribution >= 4 is 28.3 Å². The molecule has 20 heavy (non-hydrogen) atoms. The molecule has 1 fully saturated rings. The van der Waals surface area contributed by atoms with E-state index in [9.17, 15) is 9.59 Å². The van der Waals surface area contributed by atoms with Crippen LogP contribution in [0.15, 0.2) is 5.38 Å². The summed E-state index contributed by atoms with van der Waals surface area (Å²) in [6, 6.07) is -0.00703. The lowest BCUT2D eigenvalue weighted by Gasteiger charge is -2.23. The maximum absolute atomic E-state index is 12.1. The molecule has 2 rings (SSSR count). The van der Waals surface area contributed by atoms with Gasteiger partial charge in [-0.25, -0.2) is 4.98 Å². The van der Waals surface area contributed by atoms with E-state index in [1.54, 1.807) is 12.0 Å². The molecule has 6 nitrogen and oxygen atoms in total. The predicted molar refractivity (Wildman–Crippen MR) is 76.6 cm³/mol. The smallest absolute Gasteiger partial charge is 0.231 e. The zero-order valence-electron chi connectivity index (χ0n) is 11.9. The van der Waals surface area contributed by atoms with Gasteiger partial charge in [-0.2, -0.15) is 0 Å². The van der Waals surface area contributed by atoms with Crippen LogP contribution < -0.4 is 5.32 Å². The van der Waals surface area contributed by atoms with E-state index in [2.05, 4.69) is 10.3 Å². The number of anilines is 1. The fourth-order valence-electron chi connectivity index (χ4n) is 2.28. The van der Waals surface area contributed by atoms with Crippen LogP contribution in [0.25, 0.3) is 0 Å². The highest BCUT2D eigenvalue weighted by atomic mass is 32.1. The number of ether oxygens (including phenoxy) is 1. The molecule has 0 bridgehead atoms.